The molecule has 2 atom stereocenters. The highest BCUT2D eigenvalue weighted by atomic mass is 16.6. The molecule has 1 heterocycles. The summed E-state index contributed by atoms with van der Waals surface area (Å²) in [5.41, 5.74) is 2.19. The normalized spacial score (nSPS) is 17.7. The summed E-state index contributed by atoms with van der Waals surface area (Å²) in [5.74, 6) is -3.05. The van der Waals surface area contributed by atoms with Gasteiger partial charge in [0.15, 0.2) is 12.4 Å². The number of allylic oxidation sites excluding steroid dienone is 2. The zero-order valence-electron chi connectivity index (χ0n) is 22.4. The molecule has 3 aromatic rings. The van der Waals surface area contributed by atoms with Crippen LogP contribution in [0.4, 0.5) is 17.1 Å². The third-order valence-corrected chi connectivity index (χ3v) is 7.30. The van der Waals surface area contributed by atoms with E-state index in [1.54, 1.807) is 18.2 Å². The summed E-state index contributed by atoms with van der Waals surface area (Å²) >= 11 is 0. The zero-order chi connectivity index (χ0) is 30.0. The Morgan fingerprint density at radius 3 is 2.29 bits per heavy atom. The van der Waals surface area contributed by atoms with E-state index in [9.17, 15) is 34.1 Å². The molecule has 0 bridgehead atoms. The van der Waals surface area contributed by atoms with Gasteiger partial charge in [0.1, 0.15) is 0 Å². The molecular weight excluding hydrogens is 542 g/mol. The van der Waals surface area contributed by atoms with Crippen LogP contribution < -0.4 is 10.2 Å². The number of hydrogen-bond acceptors (Lipinski definition) is 8. The Kier molecular flexibility index (Phi) is 7.74. The van der Waals surface area contributed by atoms with Crippen LogP contribution in [0, 0.1) is 22.0 Å². The average Bonchev–Trinajstić information content (AvgIpc) is 3.24. The Hall–Kier alpha value is -5.45. The number of anilines is 2. The van der Waals surface area contributed by atoms with Gasteiger partial charge in [0.05, 0.1) is 28.0 Å². The highest BCUT2D eigenvalue weighted by Gasteiger charge is 2.48. The number of carbonyl (C=O) groups is 5. The van der Waals surface area contributed by atoms with Gasteiger partial charge in [0, 0.05) is 28.9 Å². The molecule has 5 rings (SSSR count). The minimum Gasteiger partial charge on any atom is -0.454 e. The molecule has 11 nitrogen and oxygen atoms in total. The van der Waals surface area contributed by atoms with E-state index < -0.39 is 29.2 Å². The van der Waals surface area contributed by atoms with Gasteiger partial charge in [-0.15, -0.1) is 0 Å². The minimum atomic E-state index is -0.762. The maximum atomic E-state index is 13.0. The molecule has 3 amide bonds. The number of benzene rings is 3. The van der Waals surface area contributed by atoms with Crippen LogP contribution in [0.25, 0.3) is 0 Å². The SMILES string of the molecule is CC1=CC[C@H]2C(=O)N(c3cccc(C(=O)Nc4ccc(C(=O)OCC(=O)c5ccc([N+](=O)[O-])cc5)cc4)c3)C(=O)[C@H]2C1. The molecule has 42 heavy (non-hydrogen) atoms. The molecule has 1 N–H and O–H groups in total. The second-order valence-electron chi connectivity index (χ2n) is 10.1. The number of rotatable bonds is 8. The molecule has 1 fully saturated rings. The fraction of sp³-hybridized carbons (Fsp3) is 0.194. The van der Waals surface area contributed by atoms with Crippen LogP contribution >= 0.6 is 0 Å². The highest BCUT2D eigenvalue weighted by molar-refractivity contribution is 6.22. The molecule has 11 heteroatoms. The molecule has 3 aromatic carbocycles. The van der Waals surface area contributed by atoms with Gasteiger partial charge in [-0.2, -0.15) is 0 Å². The molecule has 0 aromatic heterocycles. The number of ether oxygens (including phenoxy) is 1. The molecular formula is C31H25N3O8. The van der Waals surface area contributed by atoms with Crippen molar-refractivity contribution in [2.45, 2.75) is 19.8 Å². The third kappa shape index (κ3) is 5.71. The van der Waals surface area contributed by atoms with Crippen molar-refractivity contribution in [2.24, 2.45) is 11.8 Å². The van der Waals surface area contributed by atoms with Gasteiger partial charge < -0.3 is 10.1 Å². The first-order valence-corrected chi connectivity index (χ1v) is 13.1. The van der Waals surface area contributed by atoms with E-state index in [1.165, 1.54) is 59.5 Å². The summed E-state index contributed by atoms with van der Waals surface area (Å²) in [5, 5.41) is 13.5. The van der Waals surface area contributed by atoms with Crippen molar-refractivity contribution in [2.75, 3.05) is 16.8 Å². The minimum absolute atomic E-state index is 0.142. The number of carbonyl (C=O) groups excluding carboxylic acids is 5. The molecule has 1 aliphatic heterocycles. The van der Waals surface area contributed by atoms with E-state index >= 15 is 0 Å². The summed E-state index contributed by atoms with van der Waals surface area (Å²) in [6.45, 7) is 1.40. The molecule has 0 unspecified atom stereocenters. The van der Waals surface area contributed by atoms with E-state index in [1.807, 2.05) is 13.0 Å². The zero-order valence-corrected chi connectivity index (χ0v) is 22.4. The monoisotopic (exact) mass is 567 g/mol. The summed E-state index contributed by atoms with van der Waals surface area (Å²) in [6.07, 6.45) is 3.06. The van der Waals surface area contributed by atoms with Gasteiger partial charge in [0.25, 0.3) is 11.6 Å². The Bertz CT molecular complexity index is 1640. The fourth-order valence-corrected chi connectivity index (χ4v) is 5.04. The van der Waals surface area contributed by atoms with E-state index in [0.29, 0.717) is 24.2 Å². The lowest BCUT2D eigenvalue weighted by Crippen LogP contribution is -2.31. The summed E-state index contributed by atoms with van der Waals surface area (Å²) in [7, 11) is 0. The first-order valence-electron chi connectivity index (χ1n) is 13.1. The predicted octanol–water partition coefficient (Wildman–Crippen LogP) is 4.73. The maximum absolute atomic E-state index is 13.0. The summed E-state index contributed by atoms with van der Waals surface area (Å²) in [6, 6.07) is 17.1. The van der Waals surface area contributed by atoms with Crippen molar-refractivity contribution in [1.29, 1.82) is 0 Å². The van der Waals surface area contributed by atoms with E-state index in [2.05, 4.69) is 5.32 Å². The number of imide groups is 1. The lowest BCUT2D eigenvalue weighted by atomic mass is 9.82. The van der Waals surface area contributed by atoms with Crippen molar-refractivity contribution in [3.63, 3.8) is 0 Å². The van der Waals surface area contributed by atoms with Crippen LogP contribution in [0.15, 0.2) is 84.4 Å². The second-order valence-corrected chi connectivity index (χ2v) is 10.1. The van der Waals surface area contributed by atoms with Crippen molar-refractivity contribution in [1.82, 2.24) is 0 Å². The Balaban J connectivity index is 1.18. The smallest absolute Gasteiger partial charge is 0.338 e. The van der Waals surface area contributed by atoms with E-state index in [4.69, 9.17) is 4.74 Å². The van der Waals surface area contributed by atoms with Crippen molar-refractivity contribution in [3.05, 3.63) is 111 Å². The topological polar surface area (TPSA) is 153 Å². The van der Waals surface area contributed by atoms with Gasteiger partial charge in [-0.05, 0) is 74.4 Å². The number of amides is 3. The standard InChI is InChI=1S/C31H25N3O8/c1-18-5-14-25-26(15-18)30(38)33(29(25)37)24-4-2-3-21(16-24)28(36)32-22-10-6-20(7-11-22)31(39)42-17-27(35)19-8-12-23(13-9-19)34(40)41/h2-13,16,25-26H,14-15,17H2,1H3,(H,32,36)/t25-,26+/m1/s1. The van der Waals surface area contributed by atoms with E-state index in [0.717, 1.165) is 5.57 Å². The fourth-order valence-electron chi connectivity index (χ4n) is 5.04. The molecule has 0 radical (unpaired) electrons. The van der Waals surface area contributed by atoms with Crippen LogP contribution in [0.2, 0.25) is 0 Å². The van der Waals surface area contributed by atoms with Gasteiger partial charge in [0.2, 0.25) is 11.8 Å². The number of esters is 1. The quantitative estimate of drug-likeness (QED) is 0.102. The predicted molar refractivity (Wildman–Crippen MR) is 151 cm³/mol. The molecule has 0 saturated carbocycles. The van der Waals surface area contributed by atoms with Crippen LogP contribution in [-0.4, -0.2) is 41.0 Å². The van der Waals surface area contributed by atoms with Gasteiger partial charge in [-0.1, -0.05) is 17.7 Å². The second kappa shape index (κ2) is 11.6. The average molecular weight is 568 g/mol. The van der Waals surface area contributed by atoms with Crippen LogP contribution in [0.1, 0.15) is 50.8 Å². The van der Waals surface area contributed by atoms with Crippen molar-refractivity contribution >= 4 is 46.5 Å². The van der Waals surface area contributed by atoms with Gasteiger partial charge in [-0.3, -0.25) is 34.2 Å². The first-order chi connectivity index (χ1) is 20.1. The van der Waals surface area contributed by atoms with E-state index in [-0.39, 0.29) is 46.0 Å². The molecule has 212 valence electrons. The highest BCUT2D eigenvalue weighted by Crippen LogP contribution is 2.39. The van der Waals surface area contributed by atoms with Gasteiger partial charge in [-0.25, -0.2) is 4.79 Å². The number of nitro benzene ring substituents is 1. The van der Waals surface area contributed by atoms with Crippen LogP contribution in [-0.2, 0) is 14.3 Å². The van der Waals surface area contributed by atoms with Gasteiger partial charge >= 0.3 is 5.97 Å². The Morgan fingerprint density at radius 2 is 1.60 bits per heavy atom. The maximum Gasteiger partial charge on any atom is 0.338 e. The molecule has 1 aliphatic carbocycles. The van der Waals surface area contributed by atoms with Crippen molar-refractivity contribution < 1.29 is 33.6 Å². The number of Topliss-reactive ketones (excluding diaryl/α,β-unsaturated/α-hetero) is 1. The number of fused-ring (bicyclic) bond motifs is 1. The number of ketones is 1. The van der Waals surface area contributed by atoms with Crippen LogP contribution in [0.5, 0.6) is 0 Å². The molecule has 1 saturated heterocycles. The largest absolute Gasteiger partial charge is 0.454 e. The number of hydrogen-bond donors (Lipinski definition) is 1. The Morgan fingerprint density at radius 1 is 0.929 bits per heavy atom. The molecule has 2 aliphatic rings. The Labute approximate surface area is 239 Å². The number of nitrogens with zero attached hydrogens (tertiary/aromatic N) is 2. The summed E-state index contributed by atoms with van der Waals surface area (Å²) in [4.78, 5) is 75.0. The first kappa shape index (κ1) is 28.1. The van der Waals surface area contributed by atoms with Crippen LogP contribution in [0.3, 0.4) is 0 Å². The number of nitrogens with one attached hydrogen (secondary N) is 1. The third-order valence-electron chi connectivity index (χ3n) is 7.30. The summed E-state index contributed by atoms with van der Waals surface area (Å²) < 4.78 is 5.06. The van der Waals surface area contributed by atoms with Crippen molar-refractivity contribution in [3.8, 4) is 0 Å². The number of nitro groups is 1. The molecule has 0 spiro atoms. The lowest BCUT2D eigenvalue weighted by molar-refractivity contribution is -0.384. The lowest BCUT2D eigenvalue weighted by Gasteiger charge is -2.18. The number of non-ortho nitro benzene ring substituents is 1.